The number of rotatable bonds is 2. The molecule has 1 aliphatic heterocycles. The van der Waals surface area contributed by atoms with Crippen LogP contribution in [0.1, 0.15) is 31.7 Å². The van der Waals surface area contributed by atoms with Gasteiger partial charge in [-0.1, -0.05) is 13.0 Å². The van der Waals surface area contributed by atoms with Gasteiger partial charge in [0.25, 0.3) is 0 Å². The van der Waals surface area contributed by atoms with Gasteiger partial charge >= 0.3 is 0 Å². The van der Waals surface area contributed by atoms with Crippen molar-refractivity contribution in [2.45, 2.75) is 31.8 Å². The van der Waals surface area contributed by atoms with Crippen molar-refractivity contribution < 1.29 is 5.11 Å². The summed E-state index contributed by atoms with van der Waals surface area (Å²) in [5.74, 6) is 0.458. The molecule has 1 saturated heterocycles. The normalized spacial score (nSPS) is 26.7. The summed E-state index contributed by atoms with van der Waals surface area (Å²) >= 11 is 0. The standard InChI is InChI=1S/C13H21N3O/c1-2-16-9-4-6-13(17,7-10-16)11-5-3-8-15-12(11)14/h3,5,8,17H,2,4,6-7,9-10H2,1H3,(H2,14,15). The van der Waals surface area contributed by atoms with Crippen molar-refractivity contribution in [3.63, 3.8) is 0 Å². The molecule has 1 aromatic rings. The Labute approximate surface area is 102 Å². The van der Waals surface area contributed by atoms with Crippen molar-refractivity contribution in [1.82, 2.24) is 9.88 Å². The third kappa shape index (κ3) is 2.58. The predicted octanol–water partition coefficient (Wildman–Crippen LogP) is 1.36. The summed E-state index contributed by atoms with van der Waals surface area (Å²) in [6.45, 7) is 5.17. The molecule has 0 spiro atoms. The third-order valence-electron chi connectivity index (χ3n) is 3.69. The lowest BCUT2D eigenvalue weighted by atomic mass is 9.87. The number of anilines is 1. The summed E-state index contributed by atoms with van der Waals surface area (Å²) in [6.07, 6.45) is 4.16. The molecule has 0 bridgehead atoms. The maximum absolute atomic E-state index is 10.8. The second kappa shape index (κ2) is 5.02. The van der Waals surface area contributed by atoms with Crippen LogP contribution >= 0.6 is 0 Å². The van der Waals surface area contributed by atoms with Crippen molar-refractivity contribution >= 4 is 5.82 Å². The van der Waals surface area contributed by atoms with Crippen LogP contribution in [0.4, 0.5) is 5.82 Å². The van der Waals surface area contributed by atoms with Gasteiger partial charge in [0.2, 0.25) is 0 Å². The molecule has 0 radical (unpaired) electrons. The van der Waals surface area contributed by atoms with Crippen molar-refractivity contribution in [3.05, 3.63) is 23.9 Å². The molecular formula is C13H21N3O. The molecule has 17 heavy (non-hydrogen) atoms. The first-order chi connectivity index (χ1) is 8.15. The van der Waals surface area contributed by atoms with Crippen LogP contribution in [0.15, 0.2) is 18.3 Å². The number of hydrogen-bond acceptors (Lipinski definition) is 4. The largest absolute Gasteiger partial charge is 0.385 e. The molecule has 3 N–H and O–H groups in total. The van der Waals surface area contributed by atoms with Crippen LogP contribution in [0.5, 0.6) is 0 Å². The average Bonchev–Trinajstić information content (AvgIpc) is 2.52. The van der Waals surface area contributed by atoms with Gasteiger partial charge in [-0.2, -0.15) is 0 Å². The van der Waals surface area contributed by atoms with Crippen LogP contribution in [-0.2, 0) is 5.60 Å². The Morgan fingerprint density at radius 2 is 2.29 bits per heavy atom. The average molecular weight is 235 g/mol. The van der Waals surface area contributed by atoms with Crippen molar-refractivity contribution in [2.75, 3.05) is 25.4 Å². The molecule has 4 heteroatoms. The molecule has 1 unspecified atom stereocenters. The van der Waals surface area contributed by atoms with E-state index in [1.165, 1.54) is 0 Å². The molecule has 1 fully saturated rings. The summed E-state index contributed by atoms with van der Waals surface area (Å²) in [5.41, 5.74) is 5.86. The fourth-order valence-electron chi connectivity index (χ4n) is 2.57. The van der Waals surface area contributed by atoms with Crippen LogP contribution in [0.3, 0.4) is 0 Å². The zero-order chi connectivity index (χ0) is 12.3. The van der Waals surface area contributed by atoms with Crippen molar-refractivity contribution in [3.8, 4) is 0 Å². The van der Waals surface area contributed by atoms with E-state index in [0.717, 1.165) is 44.5 Å². The monoisotopic (exact) mass is 235 g/mol. The van der Waals surface area contributed by atoms with E-state index in [1.807, 2.05) is 12.1 Å². The van der Waals surface area contributed by atoms with Gasteiger partial charge in [-0.3, -0.25) is 0 Å². The number of likely N-dealkylation sites (tertiary alicyclic amines) is 1. The minimum Gasteiger partial charge on any atom is -0.385 e. The fourth-order valence-corrected chi connectivity index (χ4v) is 2.57. The molecule has 0 amide bonds. The molecular weight excluding hydrogens is 214 g/mol. The zero-order valence-corrected chi connectivity index (χ0v) is 10.4. The van der Waals surface area contributed by atoms with Crippen LogP contribution in [0.2, 0.25) is 0 Å². The Morgan fingerprint density at radius 3 is 3.00 bits per heavy atom. The molecule has 2 heterocycles. The first-order valence-electron chi connectivity index (χ1n) is 6.31. The molecule has 1 aliphatic rings. The number of nitrogens with two attached hydrogens (primary N) is 1. The second-order valence-corrected chi connectivity index (χ2v) is 4.76. The number of nitrogens with zero attached hydrogens (tertiary/aromatic N) is 2. The van der Waals surface area contributed by atoms with Gasteiger partial charge < -0.3 is 15.7 Å². The zero-order valence-electron chi connectivity index (χ0n) is 10.4. The number of hydrogen-bond donors (Lipinski definition) is 2. The van der Waals surface area contributed by atoms with Crippen LogP contribution in [0, 0.1) is 0 Å². The maximum Gasteiger partial charge on any atom is 0.129 e. The quantitative estimate of drug-likeness (QED) is 0.812. The van der Waals surface area contributed by atoms with Gasteiger partial charge in [0.05, 0.1) is 5.60 Å². The van der Waals surface area contributed by atoms with Gasteiger partial charge in [-0.05, 0) is 38.4 Å². The first-order valence-corrected chi connectivity index (χ1v) is 6.31. The number of nitrogen functional groups attached to an aromatic ring is 1. The molecule has 4 nitrogen and oxygen atoms in total. The topological polar surface area (TPSA) is 62.4 Å². The van der Waals surface area contributed by atoms with Gasteiger partial charge in [-0.25, -0.2) is 4.98 Å². The fraction of sp³-hybridized carbons (Fsp3) is 0.615. The van der Waals surface area contributed by atoms with Gasteiger partial charge in [0.1, 0.15) is 5.82 Å². The van der Waals surface area contributed by atoms with E-state index >= 15 is 0 Å². The van der Waals surface area contributed by atoms with E-state index in [-0.39, 0.29) is 0 Å². The molecule has 0 saturated carbocycles. The lowest BCUT2D eigenvalue weighted by Crippen LogP contribution is -2.30. The second-order valence-electron chi connectivity index (χ2n) is 4.76. The minimum absolute atomic E-state index is 0.458. The number of aliphatic hydroxyl groups is 1. The van der Waals surface area contributed by atoms with Crippen molar-refractivity contribution in [1.29, 1.82) is 0 Å². The highest BCUT2D eigenvalue weighted by atomic mass is 16.3. The van der Waals surface area contributed by atoms with E-state index in [0.29, 0.717) is 5.82 Å². The highest BCUT2D eigenvalue weighted by molar-refractivity contribution is 5.42. The predicted molar refractivity (Wildman–Crippen MR) is 68.5 cm³/mol. The summed E-state index contributed by atoms with van der Waals surface area (Å²) in [5, 5.41) is 10.8. The summed E-state index contributed by atoms with van der Waals surface area (Å²) in [6, 6.07) is 3.73. The highest BCUT2D eigenvalue weighted by Gasteiger charge is 2.33. The van der Waals surface area contributed by atoms with E-state index in [2.05, 4.69) is 16.8 Å². The van der Waals surface area contributed by atoms with Gasteiger partial charge in [0, 0.05) is 18.3 Å². The van der Waals surface area contributed by atoms with Gasteiger partial charge in [0.15, 0.2) is 0 Å². The number of pyridine rings is 1. The SMILES string of the molecule is CCN1CCCC(O)(c2cccnc2N)CC1. The molecule has 94 valence electrons. The Hall–Kier alpha value is -1.13. The Morgan fingerprint density at radius 1 is 1.47 bits per heavy atom. The Bertz CT molecular complexity index is 383. The molecule has 0 aliphatic carbocycles. The summed E-state index contributed by atoms with van der Waals surface area (Å²) in [4.78, 5) is 6.44. The molecule has 1 aromatic heterocycles. The van der Waals surface area contributed by atoms with Crippen LogP contribution < -0.4 is 5.73 Å². The Kier molecular flexibility index (Phi) is 3.64. The van der Waals surface area contributed by atoms with E-state index < -0.39 is 5.60 Å². The van der Waals surface area contributed by atoms with E-state index in [1.54, 1.807) is 6.20 Å². The molecule has 2 rings (SSSR count). The Balaban J connectivity index is 2.21. The lowest BCUT2D eigenvalue weighted by molar-refractivity contribution is 0.0218. The van der Waals surface area contributed by atoms with Crippen LogP contribution in [0.25, 0.3) is 0 Å². The van der Waals surface area contributed by atoms with Gasteiger partial charge in [-0.15, -0.1) is 0 Å². The van der Waals surface area contributed by atoms with E-state index in [4.69, 9.17) is 5.73 Å². The highest BCUT2D eigenvalue weighted by Crippen LogP contribution is 2.34. The molecule has 0 aromatic carbocycles. The smallest absolute Gasteiger partial charge is 0.129 e. The first kappa shape index (κ1) is 12.3. The summed E-state index contributed by atoms with van der Waals surface area (Å²) < 4.78 is 0. The van der Waals surface area contributed by atoms with E-state index in [9.17, 15) is 5.11 Å². The van der Waals surface area contributed by atoms with Crippen molar-refractivity contribution in [2.24, 2.45) is 0 Å². The number of aromatic nitrogens is 1. The molecule has 1 atom stereocenters. The lowest BCUT2D eigenvalue weighted by Gasteiger charge is -2.28. The minimum atomic E-state index is -0.803. The maximum atomic E-state index is 10.8. The third-order valence-corrected chi connectivity index (χ3v) is 3.69. The summed E-state index contributed by atoms with van der Waals surface area (Å²) in [7, 11) is 0. The van der Waals surface area contributed by atoms with Crippen LogP contribution in [-0.4, -0.2) is 34.6 Å².